The summed E-state index contributed by atoms with van der Waals surface area (Å²) in [5, 5.41) is 12.2. The molecule has 1 aliphatic rings. The Kier molecular flexibility index (Phi) is 3.21. The Bertz CT molecular complexity index is 478. The van der Waals surface area contributed by atoms with Crippen molar-refractivity contribution in [1.29, 1.82) is 0 Å². The van der Waals surface area contributed by atoms with Crippen molar-refractivity contribution in [3.63, 3.8) is 0 Å². The highest BCUT2D eigenvalue weighted by molar-refractivity contribution is 5.85. The molecule has 2 N–H and O–H groups in total. The maximum atomic E-state index is 10.9. The van der Waals surface area contributed by atoms with Gasteiger partial charge in [-0.2, -0.15) is 0 Å². The van der Waals surface area contributed by atoms with Gasteiger partial charge in [-0.3, -0.25) is 0 Å². The molecule has 0 amide bonds. The molecule has 1 saturated heterocycles. The van der Waals surface area contributed by atoms with E-state index in [0.717, 1.165) is 6.42 Å². The van der Waals surface area contributed by atoms with Gasteiger partial charge < -0.3 is 15.2 Å². The Balaban J connectivity index is 2.26. The zero-order chi connectivity index (χ0) is 13.3. The van der Waals surface area contributed by atoms with Crippen molar-refractivity contribution < 1.29 is 14.6 Å². The third-order valence-corrected chi connectivity index (χ3v) is 3.36. The molecule has 2 rings (SSSR count). The Morgan fingerprint density at radius 3 is 2.89 bits per heavy atom. The standard InChI is InChI=1S/C12H17N3O3/c1-7-6-9(10(16)17)14-11(13-7)15-12(3)4-5-18-8(12)2/h6,8H,4-5H2,1-3H3,(H,16,17)(H,13,14,15). The Morgan fingerprint density at radius 1 is 1.61 bits per heavy atom. The van der Waals surface area contributed by atoms with E-state index < -0.39 is 5.97 Å². The minimum Gasteiger partial charge on any atom is -0.477 e. The van der Waals surface area contributed by atoms with Crippen LogP contribution in [0.15, 0.2) is 6.07 Å². The second-order valence-corrected chi connectivity index (χ2v) is 4.83. The Labute approximate surface area is 105 Å². The van der Waals surface area contributed by atoms with E-state index >= 15 is 0 Å². The van der Waals surface area contributed by atoms with Crippen LogP contribution < -0.4 is 5.32 Å². The maximum Gasteiger partial charge on any atom is 0.354 e. The van der Waals surface area contributed by atoms with Crippen molar-refractivity contribution in [1.82, 2.24) is 9.97 Å². The molecule has 1 aromatic heterocycles. The molecular weight excluding hydrogens is 234 g/mol. The lowest BCUT2D eigenvalue weighted by molar-refractivity contribution is 0.0690. The number of carbonyl (C=O) groups is 1. The molecule has 2 atom stereocenters. The zero-order valence-electron chi connectivity index (χ0n) is 10.7. The minimum absolute atomic E-state index is 0.000156. The maximum absolute atomic E-state index is 10.9. The predicted molar refractivity (Wildman–Crippen MR) is 65.8 cm³/mol. The van der Waals surface area contributed by atoms with Gasteiger partial charge in [0, 0.05) is 12.3 Å². The predicted octanol–water partition coefficient (Wildman–Crippen LogP) is 1.46. The number of nitrogens with zero attached hydrogens (tertiary/aromatic N) is 2. The number of aromatic nitrogens is 2. The summed E-state index contributed by atoms with van der Waals surface area (Å²) in [7, 11) is 0. The summed E-state index contributed by atoms with van der Waals surface area (Å²) in [6.07, 6.45) is 0.878. The van der Waals surface area contributed by atoms with Gasteiger partial charge in [-0.05, 0) is 33.3 Å². The van der Waals surface area contributed by atoms with Crippen LogP contribution in [0.3, 0.4) is 0 Å². The summed E-state index contributed by atoms with van der Waals surface area (Å²) in [6, 6.07) is 1.45. The molecular formula is C12H17N3O3. The van der Waals surface area contributed by atoms with Crippen LogP contribution in [0.25, 0.3) is 0 Å². The summed E-state index contributed by atoms with van der Waals surface area (Å²) >= 11 is 0. The highest BCUT2D eigenvalue weighted by atomic mass is 16.5. The molecule has 6 nitrogen and oxygen atoms in total. The van der Waals surface area contributed by atoms with Crippen molar-refractivity contribution in [2.24, 2.45) is 0 Å². The highest BCUT2D eigenvalue weighted by Crippen LogP contribution is 2.28. The average molecular weight is 251 g/mol. The van der Waals surface area contributed by atoms with Crippen LogP contribution in [-0.4, -0.2) is 39.3 Å². The minimum atomic E-state index is -1.05. The summed E-state index contributed by atoms with van der Waals surface area (Å²) in [5.74, 6) is -0.711. The fourth-order valence-corrected chi connectivity index (χ4v) is 1.99. The normalized spacial score (nSPS) is 27.2. The van der Waals surface area contributed by atoms with Crippen LogP contribution in [0, 0.1) is 6.92 Å². The molecule has 98 valence electrons. The fourth-order valence-electron chi connectivity index (χ4n) is 1.99. The first kappa shape index (κ1) is 12.8. The van der Waals surface area contributed by atoms with E-state index in [0.29, 0.717) is 18.2 Å². The van der Waals surface area contributed by atoms with Gasteiger partial charge in [-0.1, -0.05) is 0 Å². The van der Waals surface area contributed by atoms with E-state index in [4.69, 9.17) is 9.84 Å². The fraction of sp³-hybridized carbons (Fsp3) is 0.583. The summed E-state index contributed by atoms with van der Waals surface area (Å²) < 4.78 is 5.51. The second kappa shape index (κ2) is 4.53. The van der Waals surface area contributed by atoms with E-state index in [2.05, 4.69) is 15.3 Å². The van der Waals surface area contributed by atoms with Crippen molar-refractivity contribution >= 4 is 11.9 Å². The number of aromatic carboxylic acids is 1. The highest BCUT2D eigenvalue weighted by Gasteiger charge is 2.37. The number of ether oxygens (including phenoxy) is 1. The number of rotatable bonds is 3. The number of hydrogen-bond donors (Lipinski definition) is 2. The number of nitrogens with one attached hydrogen (secondary N) is 1. The number of carboxylic acids is 1. The number of anilines is 1. The monoisotopic (exact) mass is 251 g/mol. The Hall–Kier alpha value is -1.69. The zero-order valence-corrected chi connectivity index (χ0v) is 10.7. The molecule has 0 radical (unpaired) electrons. The van der Waals surface area contributed by atoms with Crippen LogP contribution in [0.2, 0.25) is 0 Å². The molecule has 0 aromatic carbocycles. The van der Waals surface area contributed by atoms with Crippen LogP contribution in [0.1, 0.15) is 36.5 Å². The SMILES string of the molecule is Cc1cc(C(=O)O)nc(NC2(C)CCOC2C)n1. The van der Waals surface area contributed by atoms with E-state index in [1.165, 1.54) is 6.07 Å². The van der Waals surface area contributed by atoms with Gasteiger partial charge in [0.2, 0.25) is 5.95 Å². The molecule has 1 aliphatic heterocycles. The molecule has 0 spiro atoms. The summed E-state index contributed by atoms with van der Waals surface area (Å²) in [5.41, 5.74) is 0.365. The van der Waals surface area contributed by atoms with E-state index in [1.54, 1.807) is 6.92 Å². The molecule has 0 bridgehead atoms. The molecule has 6 heteroatoms. The van der Waals surface area contributed by atoms with Crippen LogP contribution in [0.4, 0.5) is 5.95 Å². The van der Waals surface area contributed by atoms with Gasteiger partial charge in [-0.25, -0.2) is 14.8 Å². The lowest BCUT2D eigenvalue weighted by Crippen LogP contribution is -2.41. The van der Waals surface area contributed by atoms with Gasteiger partial charge >= 0.3 is 5.97 Å². The second-order valence-electron chi connectivity index (χ2n) is 4.83. The smallest absolute Gasteiger partial charge is 0.354 e. The van der Waals surface area contributed by atoms with Gasteiger partial charge in [0.05, 0.1) is 11.6 Å². The van der Waals surface area contributed by atoms with E-state index in [-0.39, 0.29) is 17.3 Å². The summed E-state index contributed by atoms with van der Waals surface area (Å²) in [6.45, 7) is 6.43. The lowest BCUT2D eigenvalue weighted by Gasteiger charge is -2.28. The molecule has 2 unspecified atom stereocenters. The van der Waals surface area contributed by atoms with Gasteiger partial charge in [0.1, 0.15) is 0 Å². The lowest BCUT2D eigenvalue weighted by atomic mass is 9.95. The quantitative estimate of drug-likeness (QED) is 0.846. The third-order valence-electron chi connectivity index (χ3n) is 3.36. The van der Waals surface area contributed by atoms with Gasteiger partial charge in [0.15, 0.2) is 5.69 Å². The topological polar surface area (TPSA) is 84.3 Å². The van der Waals surface area contributed by atoms with Crippen molar-refractivity contribution in [3.8, 4) is 0 Å². The van der Waals surface area contributed by atoms with E-state index in [9.17, 15) is 4.79 Å². The molecule has 0 aliphatic carbocycles. The first-order valence-electron chi connectivity index (χ1n) is 5.89. The number of aryl methyl sites for hydroxylation is 1. The van der Waals surface area contributed by atoms with Crippen LogP contribution >= 0.6 is 0 Å². The molecule has 1 aromatic rings. The largest absolute Gasteiger partial charge is 0.477 e. The van der Waals surface area contributed by atoms with Crippen LogP contribution in [0.5, 0.6) is 0 Å². The number of carboxylic acid groups (broad SMARTS) is 1. The first-order chi connectivity index (χ1) is 8.40. The van der Waals surface area contributed by atoms with Gasteiger partial charge in [-0.15, -0.1) is 0 Å². The van der Waals surface area contributed by atoms with Crippen LogP contribution in [-0.2, 0) is 4.74 Å². The molecule has 0 saturated carbocycles. The van der Waals surface area contributed by atoms with Crippen molar-refractivity contribution in [3.05, 3.63) is 17.5 Å². The first-order valence-corrected chi connectivity index (χ1v) is 5.89. The third kappa shape index (κ3) is 2.43. The average Bonchev–Trinajstić information content (AvgIpc) is 2.58. The molecule has 18 heavy (non-hydrogen) atoms. The van der Waals surface area contributed by atoms with Crippen molar-refractivity contribution in [2.45, 2.75) is 38.8 Å². The number of hydrogen-bond acceptors (Lipinski definition) is 5. The molecule has 1 fully saturated rings. The van der Waals surface area contributed by atoms with Crippen molar-refractivity contribution in [2.75, 3.05) is 11.9 Å². The van der Waals surface area contributed by atoms with E-state index in [1.807, 2.05) is 13.8 Å². The Morgan fingerprint density at radius 2 is 2.33 bits per heavy atom. The summed E-state index contributed by atoms with van der Waals surface area (Å²) in [4.78, 5) is 19.2. The van der Waals surface area contributed by atoms with Gasteiger partial charge in [0.25, 0.3) is 0 Å². The molecule has 2 heterocycles.